The van der Waals surface area contributed by atoms with Gasteiger partial charge in [0, 0.05) is 65.3 Å². The maximum Gasteiger partial charge on any atom is 0.156 e. The zero-order chi connectivity index (χ0) is 52.4. The van der Waals surface area contributed by atoms with Gasteiger partial charge in [-0.15, -0.1) is 0 Å². The Hall–Kier alpha value is -11.0. The number of rotatable bonds is 4. The molecule has 370 valence electrons. The van der Waals surface area contributed by atoms with Crippen LogP contribution in [0.25, 0.3) is 121 Å². The molecule has 18 rings (SSSR count). The maximum atomic E-state index is 10.2. The van der Waals surface area contributed by atoms with Gasteiger partial charge >= 0.3 is 0 Å². The van der Waals surface area contributed by atoms with Crippen molar-refractivity contribution in [3.8, 4) is 51.7 Å². The lowest BCUT2D eigenvalue weighted by molar-refractivity contribution is 0.433. The van der Waals surface area contributed by atoms with E-state index in [1.54, 1.807) is 0 Å². The van der Waals surface area contributed by atoms with E-state index in [1.165, 1.54) is 21.5 Å². The third-order valence-electron chi connectivity index (χ3n) is 17.3. The fourth-order valence-electron chi connectivity index (χ4n) is 14.2. The van der Waals surface area contributed by atoms with Crippen molar-refractivity contribution in [2.45, 2.75) is 5.41 Å². The van der Waals surface area contributed by atoms with Crippen molar-refractivity contribution in [2.24, 2.45) is 0 Å². The molecule has 0 atom stereocenters. The van der Waals surface area contributed by atoms with E-state index in [0.717, 1.165) is 128 Å². The molecule has 0 N–H and O–H groups in total. The Kier molecular flexibility index (Phi) is 8.52. The van der Waals surface area contributed by atoms with Gasteiger partial charge in [0.25, 0.3) is 0 Å². The first-order chi connectivity index (χ1) is 39.7. The first kappa shape index (κ1) is 43.1. The lowest BCUT2D eigenvalue weighted by Crippen LogP contribution is -2.33. The Balaban J connectivity index is 1.02. The second kappa shape index (κ2) is 15.8. The van der Waals surface area contributed by atoms with Crippen LogP contribution >= 0.6 is 0 Å². The van der Waals surface area contributed by atoms with E-state index in [0.29, 0.717) is 11.3 Å². The number of nitriles is 1. The molecule has 80 heavy (non-hydrogen) atoms. The van der Waals surface area contributed by atoms with Crippen molar-refractivity contribution >= 4 is 87.2 Å². The third kappa shape index (κ3) is 5.47. The molecule has 6 aromatic heterocycles. The predicted octanol–water partition coefficient (Wildman–Crippen LogP) is 17.2. The summed E-state index contributed by atoms with van der Waals surface area (Å²) in [5.41, 5.74) is 17.3. The van der Waals surface area contributed by atoms with E-state index >= 15 is 0 Å². The second-order valence-electron chi connectivity index (χ2n) is 21.1. The molecule has 0 bridgehead atoms. The summed E-state index contributed by atoms with van der Waals surface area (Å²) >= 11 is 0. The number of fused-ring (bicyclic) bond motifs is 21. The Bertz CT molecular complexity index is 5130. The summed E-state index contributed by atoms with van der Waals surface area (Å²) in [5, 5.41) is 19.3. The lowest BCUT2D eigenvalue weighted by Gasteiger charge is -2.40. The average molecular weight is 1020 g/mol. The molecule has 2 aliphatic rings. The number of para-hydroxylation sites is 9. The molecule has 10 aromatic carbocycles. The largest absolute Gasteiger partial charge is 0.452 e. The smallest absolute Gasteiger partial charge is 0.156 e. The summed E-state index contributed by atoms with van der Waals surface area (Å²) in [5.74, 6) is 1.44. The van der Waals surface area contributed by atoms with Gasteiger partial charge in [-0.25, -0.2) is 0 Å². The molecule has 7 heterocycles. The highest BCUT2D eigenvalue weighted by Gasteiger charge is 2.54. The van der Waals surface area contributed by atoms with Crippen LogP contribution in [0.4, 0.5) is 0 Å². The number of pyridine rings is 2. The summed E-state index contributed by atoms with van der Waals surface area (Å²) in [4.78, 5) is 11.2. The molecular formula is C72H41N7O. The molecule has 0 unspecified atom stereocenters. The highest BCUT2D eigenvalue weighted by molar-refractivity contribution is 6.13. The molecule has 1 aliphatic heterocycles. The molecule has 0 saturated heterocycles. The number of hydrogen-bond donors (Lipinski definition) is 0. The zero-order valence-corrected chi connectivity index (χ0v) is 42.7. The number of nitrogens with zero attached hydrogens (tertiary/aromatic N) is 7. The van der Waals surface area contributed by atoms with Crippen LogP contribution in [0.3, 0.4) is 0 Å². The van der Waals surface area contributed by atoms with Crippen LogP contribution in [0.15, 0.2) is 249 Å². The highest BCUT2D eigenvalue weighted by Crippen LogP contribution is 2.64. The molecule has 0 radical (unpaired) electrons. The minimum atomic E-state index is -1.07. The highest BCUT2D eigenvalue weighted by atomic mass is 16.5. The fourth-order valence-corrected chi connectivity index (χ4v) is 14.2. The van der Waals surface area contributed by atoms with Crippen molar-refractivity contribution in [2.75, 3.05) is 0 Å². The minimum Gasteiger partial charge on any atom is -0.452 e. The van der Waals surface area contributed by atoms with Crippen molar-refractivity contribution < 1.29 is 4.74 Å². The number of aromatic nitrogens is 6. The number of hydrogen-bond acceptors (Lipinski definition) is 4. The molecular weight excluding hydrogens is 979 g/mol. The third-order valence-corrected chi connectivity index (χ3v) is 17.3. The molecule has 0 fully saturated rings. The molecule has 0 saturated carbocycles. The summed E-state index contributed by atoms with van der Waals surface area (Å²) in [6, 6.07) is 86.9. The standard InChI is InChI=1S/C72H41N7O/c73-40-43-35-36-65-53(37-43)52-23-7-14-32-64(52)79(65)67-34-16-25-55-71(67)80-70-54(24-15-33-66(70)78-62-30-12-5-21-50(62)51-22-6-13-31-63(51)78)72(55)56-38-44(76-58-26-8-1-17-46(58)47-18-2-9-27-59(47)76)41-74-68(56)69-57(72)39-45(42-75-69)77-60-28-10-3-19-48(60)49-20-4-11-29-61(49)77/h1-39,41-42H. The van der Waals surface area contributed by atoms with Crippen molar-refractivity contribution in [1.82, 2.24) is 28.2 Å². The van der Waals surface area contributed by atoms with E-state index in [4.69, 9.17) is 14.7 Å². The number of benzene rings is 10. The average Bonchev–Trinajstić information content (AvgIpc) is 4.48. The predicted molar refractivity (Wildman–Crippen MR) is 321 cm³/mol. The maximum absolute atomic E-state index is 10.2. The van der Waals surface area contributed by atoms with Gasteiger partial charge < -0.3 is 23.0 Å². The molecule has 16 aromatic rings. The van der Waals surface area contributed by atoms with Crippen LogP contribution in [0, 0.1) is 11.3 Å². The molecule has 1 aliphatic carbocycles. The van der Waals surface area contributed by atoms with Gasteiger partial charge in [-0.1, -0.05) is 152 Å². The van der Waals surface area contributed by atoms with E-state index in [-0.39, 0.29) is 0 Å². The quantitative estimate of drug-likeness (QED) is 0.176. The Labute approximate surface area is 457 Å². The normalized spacial score (nSPS) is 13.2. The van der Waals surface area contributed by atoms with Crippen molar-refractivity contribution in [1.29, 1.82) is 5.26 Å². The Morgan fingerprint density at radius 1 is 0.325 bits per heavy atom. The van der Waals surface area contributed by atoms with Crippen LogP contribution in [-0.2, 0) is 5.41 Å². The van der Waals surface area contributed by atoms with Gasteiger partial charge in [-0.2, -0.15) is 5.26 Å². The minimum absolute atomic E-state index is 0.604. The summed E-state index contributed by atoms with van der Waals surface area (Å²) < 4.78 is 17.4. The Morgan fingerprint density at radius 3 is 1.04 bits per heavy atom. The van der Waals surface area contributed by atoms with E-state index in [9.17, 15) is 5.26 Å². The lowest BCUT2D eigenvalue weighted by atomic mass is 9.66. The molecule has 8 nitrogen and oxygen atoms in total. The van der Waals surface area contributed by atoms with Gasteiger partial charge in [-0.05, 0) is 84.9 Å². The summed E-state index contributed by atoms with van der Waals surface area (Å²) in [7, 11) is 0. The van der Waals surface area contributed by atoms with Gasteiger partial charge in [0.05, 0.1) is 108 Å². The summed E-state index contributed by atoms with van der Waals surface area (Å²) in [6.07, 6.45) is 4.06. The van der Waals surface area contributed by atoms with Gasteiger partial charge in [0.1, 0.15) is 0 Å². The topological polar surface area (TPSA) is 78.5 Å². The van der Waals surface area contributed by atoms with Crippen LogP contribution in [-0.4, -0.2) is 28.2 Å². The zero-order valence-electron chi connectivity index (χ0n) is 42.7. The molecule has 8 heteroatoms. The van der Waals surface area contributed by atoms with E-state index < -0.39 is 5.41 Å². The monoisotopic (exact) mass is 1020 g/mol. The fraction of sp³-hybridized carbons (Fsp3) is 0.0139. The van der Waals surface area contributed by atoms with Crippen molar-refractivity contribution in [3.05, 3.63) is 277 Å². The molecule has 0 amide bonds. The number of ether oxygens (including phenoxy) is 1. The van der Waals surface area contributed by atoms with Crippen LogP contribution < -0.4 is 4.74 Å². The van der Waals surface area contributed by atoms with Crippen molar-refractivity contribution in [3.63, 3.8) is 0 Å². The van der Waals surface area contributed by atoms with Crippen LogP contribution in [0.1, 0.15) is 27.8 Å². The first-order valence-corrected chi connectivity index (χ1v) is 27.0. The Morgan fingerprint density at radius 2 is 0.662 bits per heavy atom. The van der Waals surface area contributed by atoms with E-state index in [2.05, 4.69) is 249 Å². The first-order valence-electron chi connectivity index (χ1n) is 27.0. The van der Waals surface area contributed by atoms with E-state index in [1.807, 2.05) is 24.5 Å². The van der Waals surface area contributed by atoms with Gasteiger partial charge in [0.2, 0.25) is 0 Å². The van der Waals surface area contributed by atoms with Gasteiger partial charge in [0.15, 0.2) is 11.5 Å². The van der Waals surface area contributed by atoms with Crippen LogP contribution in [0.2, 0.25) is 0 Å². The van der Waals surface area contributed by atoms with Crippen LogP contribution in [0.5, 0.6) is 11.5 Å². The SMILES string of the molecule is N#Cc1ccc2c(c1)c1ccccc1n2-c1cccc2c1Oc1c(-n3c4ccccc4c4ccccc43)cccc1C21c2cc(-n3c4ccccc4c4ccccc43)cnc2-c2ncc(-n3c4ccccc4c4ccccc43)cc21. The second-order valence-corrected chi connectivity index (χ2v) is 21.1. The molecule has 1 spiro atoms. The van der Waals surface area contributed by atoms with Gasteiger partial charge in [-0.3, -0.25) is 9.97 Å². The summed E-state index contributed by atoms with van der Waals surface area (Å²) in [6.45, 7) is 0.